The van der Waals surface area contributed by atoms with Crippen molar-refractivity contribution < 1.29 is 22.8 Å². The number of alkyl halides is 3. The SMILES string of the molecule is C[C@@H](NC(=O)N1CCC(C(N)=O)CC1)c1ccccc1C(F)(F)F. The van der Waals surface area contributed by atoms with E-state index in [0.717, 1.165) is 6.07 Å². The van der Waals surface area contributed by atoms with Crippen LogP contribution in [0.25, 0.3) is 0 Å². The van der Waals surface area contributed by atoms with Crippen LogP contribution in [-0.4, -0.2) is 29.9 Å². The molecule has 1 aromatic rings. The summed E-state index contributed by atoms with van der Waals surface area (Å²) in [5.41, 5.74) is 4.50. The van der Waals surface area contributed by atoms with E-state index in [4.69, 9.17) is 5.73 Å². The highest BCUT2D eigenvalue weighted by Crippen LogP contribution is 2.34. The van der Waals surface area contributed by atoms with Gasteiger partial charge in [-0.15, -0.1) is 0 Å². The minimum Gasteiger partial charge on any atom is -0.369 e. The van der Waals surface area contributed by atoms with Crippen molar-refractivity contribution >= 4 is 11.9 Å². The molecule has 1 aliphatic heterocycles. The summed E-state index contributed by atoms with van der Waals surface area (Å²) in [5.74, 6) is -0.639. The van der Waals surface area contributed by atoms with E-state index < -0.39 is 23.8 Å². The van der Waals surface area contributed by atoms with Crippen molar-refractivity contribution in [1.29, 1.82) is 0 Å². The van der Waals surface area contributed by atoms with Gasteiger partial charge in [-0.05, 0) is 31.4 Å². The van der Waals surface area contributed by atoms with Crippen LogP contribution in [0.5, 0.6) is 0 Å². The first-order chi connectivity index (χ1) is 11.2. The van der Waals surface area contributed by atoms with Gasteiger partial charge < -0.3 is 16.0 Å². The number of rotatable bonds is 3. The fourth-order valence-electron chi connectivity index (χ4n) is 2.85. The van der Waals surface area contributed by atoms with Crippen LogP contribution in [-0.2, 0) is 11.0 Å². The van der Waals surface area contributed by atoms with Crippen molar-refractivity contribution in [3.8, 4) is 0 Å². The number of urea groups is 1. The fraction of sp³-hybridized carbons (Fsp3) is 0.500. The Morgan fingerprint density at radius 3 is 2.38 bits per heavy atom. The number of benzene rings is 1. The number of carbonyl (C=O) groups excluding carboxylic acids is 2. The van der Waals surface area contributed by atoms with Gasteiger partial charge in [-0.25, -0.2) is 4.79 Å². The Labute approximate surface area is 138 Å². The lowest BCUT2D eigenvalue weighted by atomic mass is 9.96. The zero-order chi connectivity index (χ0) is 17.9. The molecule has 0 radical (unpaired) electrons. The molecule has 1 atom stereocenters. The van der Waals surface area contributed by atoms with E-state index in [2.05, 4.69) is 5.32 Å². The molecular formula is C16H20F3N3O2. The van der Waals surface area contributed by atoms with Crippen molar-refractivity contribution in [2.75, 3.05) is 13.1 Å². The van der Waals surface area contributed by atoms with E-state index in [1.807, 2.05) is 0 Å². The lowest BCUT2D eigenvalue weighted by Crippen LogP contribution is -2.47. The Hall–Kier alpha value is -2.25. The summed E-state index contributed by atoms with van der Waals surface area (Å²) in [7, 11) is 0. The molecule has 0 bridgehead atoms. The lowest BCUT2D eigenvalue weighted by Gasteiger charge is -2.32. The first kappa shape index (κ1) is 18.1. The van der Waals surface area contributed by atoms with Crippen LogP contribution < -0.4 is 11.1 Å². The van der Waals surface area contributed by atoms with Gasteiger partial charge in [0.05, 0.1) is 11.6 Å². The summed E-state index contributed by atoms with van der Waals surface area (Å²) >= 11 is 0. The molecule has 1 fully saturated rings. The first-order valence-electron chi connectivity index (χ1n) is 7.71. The predicted molar refractivity (Wildman–Crippen MR) is 81.9 cm³/mol. The molecule has 2 rings (SSSR count). The van der Waals surface area contributed by atoms with Crippen molar-refractivity contribution in [1.82, 2.24) is 10.2 Å². The van der Waals surface area contributed by atoms with E-state index in [1.165, 1.54) is 30.0 Å². The summed E-state index contributed by atoms with van der Waals surface area (Å²) in [5, 5.41) is 2.59. The molecule has 1 aliphatic rings. The third kappa shape index (κ3) is 4.18. The highest BCUT2D eigenvalue weighted by molar-refractivity contribution is 5.78. The number of primary amides is 1. The van der Waals surface area contributed by atoms with Gasteiger partial charge in [-0.1, -0.05) is 18.2 Å². The smallest absolute Gasteiger partial charge is 0.369 e. The van der Waals surface area contributed by atoms with Crippen molar-refractivity contribution in [3.63, 3.8) is 0 Å². The summed E-state index contributed by atoms with van der Waals surface area (Å²) < 4.78 is 39.2. The Kier molecular flexibility index (Phi) is 5.36. The number of piperidine rings is 1. The minimum atomic E-state index is -4.48. The molecule has 24 heavy (non-hydrogen) atoms. The molecule has 5 nitrogen and oxygen atoms in total. The molecule has 0 saturated carbocycles. The number of likely N-dealkylation sites (tertiary alicyclic amines) is 1. The quantitative estimate of drug-likeness (QED) is 0.885. The van der Waals surface area contributed by atoms with Crippen LogP contribution in [0.15, 0.2) is 24.3 Å². The van der Waals surface area contributed by atoms with Crippen molar-refractivity contribution in [2.24, 2.45) is 11.7 Å². The van der Waals surface area contributed by atoms with Gasteiger partial charge in [0.2, 0.25) is 5.91 Å². The highest BCUT2D eigenvalue weighted by Gasteiger charge is 2.35. The Morgan fingerprint density at radius 1 is 1.25 bits per heavy atom. The van der Waals surface area contributed by atoms with E-state index in [1.54, 1.807) is 0 Å². The highest BCUT2D eigenvalue weighted by atomic mass is 19.4. The van der Waals surface area contributed by atoms with Gasteiger partial charge in [0.25, 0.3) is 0 Å². The van der Waals surface area contributed by atoms with Crippen LogP contribution >= 0.6 is 0 Å². The molecule has 1 saturated heterocycles. The fourth-order valence-corrected chi connectivity index (χ4v) is 2.85. The van der Waals surface area contributed by atoms with Gasteiger partial charge in [0.1, 0.15) is 0 Å². The van der Waals surface area contributed by atoms with Crippen LogP contribution in [0, 0.1) is 5.92 Å². The van der Waals surface area contributed by atoms with E-state index in [9.17, 15) is 22.8 Å². The molecule has 0 aliphatic carbocycles. The third-order valence-electron chi connectivity index (χ3n) is 4.26. The minimum absolute atomic E-state index is 0.0189. The lowest BCUT2D eigenvalue weighted by molar-refractivity contribution is -0.138. The van der Waals surface area contributed by atoms with Gasteiger partial charge in [0, 0.05) is 19.0 Å². The first-order valence-corrected chi connectivity index (χ1v) is 7.71. The van der Waals surface area contributed by atoms with Gasteiger partial charge in [-0.2, -0.15) is 13.2 Å². The van der Waals surface area contributed by atoms with E-state index >= 15 is 0 Å². The molecule has 0 aromatic heterocycles. The zero-order valence-electron chi connectivity index (χ0n) is 13.3. The second kappa shape index (κ2) is 7.11. The van der Waals surface area contributed by atoms with Crippen LogP contribution in [0.2, 0.25) is 0 Å². The van der Waals surface area contributed by atoms with E-state index in [-0.39, 0.29) is 17.4 Å². The average Bonchev–Trinajstić information content (AvgIpc) is 2.54. The molecule has 3 N–H and O–H groups in total. The Balaban J connectivity index is 2.02. The second-order valence-corrected chi connectivity index (χ2v) is 5.92. The second-order valence-electron chi connectivity index (χ2n) is 5.92. The van der Waals surface area contributed by atoms with Crippen LogP contribution in [0.1, 0.15) is 36.9 Å². The van der Waals surface area contributed by atoms with Crippen LogP contribution in [0.4, 0.5) is 18.0 Å². The molecule has 3 amide bonds. The summed E-state index contributed by atoms with van der Waals surface area (Å²) in [6, 6.07) is 3.94. The largest absolute Gasteiger partial charge is 0.416 e. The molecule has 8 heteroatoms. The topological polar surface area (TPSA) is 75.4 Å². The number of hydrogen-bond acceptors (Lipinski definition) is 2. The maximum atomic E-state index is 13.1. The number of amides is 3. The maximum Gasteiger partial charge on any atom is 0.416 e. The number of nitrogens with zero attached hydrogens (tertiary/aromatic N) is 1. The third-order valence-corrected chi connectivity index (χ3v) is 4.26. The van der Waals surface area contributed by atoms with Gasteiger partial charge in [-0.3, -0.25) is 4.79 Å². The number of halogens is 3. The number of hydrogen-bond donors (Lipinski definition) is 2. The number of nitrogens with two attached hydrogens (primary N) is 1. The Bertz CT molecular complexity index is 611. The standard InChI is InChI=1S/C16H20F3N3O2/c1-10(12-4-2-3-5-13(12)16(17,18)19)21-15(24)22-8-6-11(7-9-22)14(20)23/h2-5,10-11H,6-9H2,1H3,(H2,20,23)(H,21,24)/t10-/m1/s1. The summed E-state index contributed by atoms with van der Waals surface area (Å²) in [6.45, 7) is 2.22. The molecule has 0 unspecified atom stereocenters. The normalized spacial score (nSPS) is 17.4. The number of nitrogens with one attached hydrogen (secondary N) is 1. The molecule has 1 heterocycles. The van der Waals surface area contributed by atoms with Gasteiger partial charge in [0.15, 0.2) is 0 Å². The Morgan fingerprint density at radius 2 is 1.83 bits per heavy atom. The monoisotopic (exact) mass is 343 g/mol. The van der Waals surface area contributed by atoms with Gasteiger partial charge >= 0.3 is 12.2 Å². The summed E-state index contributed by atoms with van der Waals surface area (Å²) in [4.78, 5) is 24.9. The maximum absolute atomic E-state index is 13.1. The number of carbonyl (C=O) groups is 2. The molecule has 1 aromatic carbocycles. The van der Waals surface area contributed by atoms with Crippen molar-refractivity contribution in [2.45, 2.75) is 32.0 Å². The predicted octanol–water partition coefficient (Wildman–Crippen LogP) is 2.67. The molecule has 132 valence electrons. The summed E-state index contributed by atoms with van der Waals surface area (Å²) in [6.07, 6.45) is -3.54. The zero-order valence-corrected chi connectivity index (χ0v) is 13.3. The van der Waals surface area contributed by atoms with E-state index in [0.29, 0.717) is 25.9 Å². The van der Waals surface area contributed by atoms with Crippen LogP contribution in [0.3, 0.4) is 0 Å². The average molecular weight is 343 g/mol. The molecular weight excluding hydrogens is 323 g/mol. The van der Waals surface area contributed by atoms with Crippen molar-refractivity contribution in [3.05, 3.63) is 35.4 Å². The molecule has 0 spiro atoms.